The van der Waals surface area contributed by atoms with Crippen LogP contribution in [0.5, 0.6) is 0 Å². The molecule has 416 valence electrons. The molecular formula is C42H49Cl5N4O22S2. The lowest BCUT2D eigenvalue weighted by Gasteiger charge is -2.14. The van der Waals surface area contributed by atoms with E-state index in [9.17, 15) is 55.2 Å². The van der Waals surface area contributed by atoms with Gasteiger partial charge in [-0.05, 0) is 80.9 Å². The van der Waals surface area contributed by atoms with Crippen LogP contribution in [0.15, 0.2) is 79.7 Å². The molecular weight excluding hydrogens is 1150 g/mol. The van der Waals surface area contributed by atoms with E-state index in [-0.39, 0.29) is 77.2 Å². The lowest BCUT2D eigenvalue weighted by molar-refractivity contribution is -0.160. The Morgan fingerprint density at radius 3 is 1.29 bits per heavy atom. The van der Waals surface area contributed by atoms with Gasteiger partial charge in [0, 0.05) is 0 Å². The third-order valence-corrected chi connectivity index (χ3v) is 11.0. The van der Waals surface area contributed by atoms with E-state index in [2.05, 4.69) is 34.3 Å². The molecule has 0 bridgehead atoms. The SMILES string of the molecule is CCOC(=O)CO.CCOC(=O)COC(=O)CCl.CCOC(=O)COC(=O)COC(=O)c1cc(S(N)(=O)=O)c(Cl)cc1NCc1ccco1.NS(=O)(=O)c1cc(C(=O)O)c(NCc2ccco2)cc1Cl.O=C(Cl)CCl. The molecule has 26 nitrogen and oxygen atoms in total. The predicted molar refractivity (Wildman–Crippen MR) is 266 cm³/mol. The largest absolute Gasteiger partial charge is 0.478 e. The van der Waals surface area contributed by atoms with Crippen LogP contribution in [0.2, 0.25) is 10.0 Å². The van der Waals surface area contributed by atoms with Crippen molar-refractivity contribution in [3.63, 3.8) is 0 Å². The van der Waals surface area contributed by atoms with E-state index in [1.165, 1.54) is 24.7 Å². The number of aliphatic hydroxyl groups is 1. The number of carboxylic acids is 1. The van der Waals surface area contributed by atoms with Gasteiger partial charge < -0.3 is 58.1 Å². The highest BCUT2D eigenvalue weighted by atomic mass is 35.5. The maximum atomic E-state index is 12.5. The highest BCUT2D eigenvalue weighted by molar-refractivity contribution is 7.89. The van der Waals surface area contributed by atoms with Crippen LogP contribution < -0.4 is 20.9 Å². The molecule has 8 N–H and O–H groups in total. The first kappa shape index (κ1) is 68.8. The van der Waals surface area contributed by atoms with Crippen LogP contribution in [0, 0.1) is 0 Å². The van der Waals surface area contributed by atoms with E-state index in [1.807, 2.05) is 0 Å². The molecule has 0 fully saturated rings. The van der Waals surface area contributed by atoms with Gasteiger partial charge in [0.15, 0.2) is 19.8 Å². The minimum Gasteiger partial charge on any atom is -0.478 e. The van der Waals surface area contributed by atoms with Crippen LogP contribution in [-0.2, 0) is 90.3 Å². The Morgan fingerprint density at radius 1 is 0.587 bits per heavy atom. The van der Waals surface area contributed by atoms with Gasteiger partial charge in [-0.3, -0.25) is 9.59 Å². The zero-order valence-corrected chi connectivity index (χ0v) is 44.9. The number of rotatable bonds is 22. The minimum absolute atomic E-state index is 0.0957. The second-order valence-electron chi connectivity index (χ2n) is 13.0. The van der Waals surface area contributed by atoms with E-state index in [0.717, 1.165) is 12.1 Å². The second-order valence-corrected chi connectivity index (χ2v) is 17.8. The number of aromatic carboxylic acids is 1. The number of benzene rings is 2. The number of carbonyl (C=O) groups excluding carboxylic acids is 7. The van der Waals surface area contributed by atoms with E-state index >= 15 is 0 Å². The van der Waals surface area contributed by atoms with E-state index < -0.39 is 96.7 Å². The number of alkyl halides is 2. The molecule has 0 saturated heterocycles. The monoisotopic (exact) mass is 1200 g/mol. The first-order valence-corrected chi connectivity index (χ1v) is 25.8. The fraction of sp³-hybridized carbons (Fsp3) is 0.333. The van der Waals surface area contributed by atoms with E-state index in [4.69, 9.17) is 92.1 Å². The number of hydrogen-bond donors (Lipinski definition) is 6. The standard InChI is InChI=1S/C18H19ClN2O9S.C12H11ClN2O5S.C6H9ClO4.C4H8O3.C2H2Cl2O/c1-2-27-16(22)9-29-17(23)10-30-18(24)12-6-15(31(20,25)26)13(19)7-14(12)21-8-11-4-3-5-28-11;13-9-5-10(15-6-7-2-1-3-20-7)8(12(16)17)4-11(9)21(14,18)19;1-2-10-6(9)4-11-5(8)3-7;1-2-7-4(6)3-5;3-1-2(4)5/h3-7,21H,2,8-10H2,1H3,(H2,20,25,26);1-5,15H,6H2,(H,16,17)(H2,14,18,19);2-4H2,1H3;5H,2-3H2,1H3;1H2. The van der Waals surface area contributed by atoms with Crippen molar-refractivity contribution in [1.82, 2.24) is 0 Å². The van der Waals surface area contributed by atoms with Crippen molar-refractivity contribution >= 4 is 136 Å². The number of sulfonamides is 2. The molecule has 0 aliphatic carbocycles. The number of carbonyl (C=O) groups is 8. The zero-order valence-electron chi connectivity index (χ0n) is 39.5. The van der Waals surface area contributed by atoms with Crippen molar-refractivity contribution in [2.24, 2.45) is 10.3 Å². The Bertz CT molecular complexity index is 2730. The number of anilines is 2. The normalized spacial score (nSPS) is 10.3. The summed E-state index contributed by atoms with van der Waals surface area (Å²) in [7, 11) is -8.35. The Morgan fingerprint density at radius 2 is 0.960 bits per heavy atom. The number of nitrogens with two attached hydrogens (primary N) is 2. The number of halogens is 5. The second kappa shape index (κ2) is 36.7. The summed E-state index contributed by atoms with van der Waals surface area (Å²) in [5, 5.41) is 32.1. The van der Waals surface area contributed by atoms with Gasteiger partial charge in [0.05, 0.1) is 83.9 Å². The number of nitrogens with one attached hydrogen (secondary N) is 2. The highest BCUT2D eigenvalue weighted by Gasteiger charge is 2.24. The van der Waals surface area contributed by atoms with Crippen molar-refractivity contribution in [2.45, 2.75) is 43.7 Å². The zero-order chi connectivity index (χ0) is 57.3. The summed E-state index contributed by atoms with van der Waals surface area (Å²) in [5.74, 6) is -5.13. The lowest BCUT2D eigenvalue weighted by Crippen LogP contribution is -2.22. The van der Waals surface area contributed by atoms with Crippen LogP contribution in [0.1, 0.15) is 53.0 Å². The van der Waals surface area contributed by atoms with Gasteiger partial charge in [0.2, 0.25) is 25.3 Å². The number of carboxylic acid groups (broad SMARTS) is 1. The lowest BCUT2D eigenvalue weighted by atomic mass is 10.1. The number of esters is 6. The van der Waals surface area contributed by atoms with Gasteiger partial charge in [0.1, 0.15) is 33.8 Å². The smallest absolute Gasteiger partial charge is 0.344 e. The van der Waals surface area contributed by atoms with Crippen LogP contribution in [-0.4, -0.2) is 132 Å². The average molecular weight is 1200 g/mol. The molecule has 0 radical (unpaired) electrons. The Balaban J connectivity index is 0.00000106. The molecule has 2 aromatic carbocycles. The van der Waals surface area contributed by atoms with Gasteiger partial charge in [-0.15, -0.1) is 23.2 Å². The molecule has 0 aliphatic rings. The number of hydrogen-bond acceptors (Lipinski definition) is 23. The number of furan rings is 2. The Labute approximate surface area is 453 Å². The Hall–Kier alpha value is -6.21. The van der Waals surface area contributed by atoms with Gasteiger partial charge in [0.25, 0.3) is 0 Å². The number of aliphatic hydroxyl groups excluding tert-OH is 1. The van der Waals surface area contributed by atoms with E-state index in [1.54, 1.807) is 45.0 Å². The molecule has 0 spiro atoms. The van der Waals surface area contributed by atoms with E-state index in [0.29, 0.717) is 18.1 Å². The molecule has 4 rings (SSSR count). The summed E-state index contributed by atoms with van der Waals surface area (Å²) < 4.78 is 83.7. The molecule has 0 aliphatic heterocycles. The fourth-order valence-corrected chi connectivity index (χ4v) is 6.82. The first-order chi connectivity index (χ1) is 35.2. The third kappa shape index (κ3) is 29.5. The highest BCUT2D eigenvalue weighted by Crippen LogP contribution is 2.30. The molecule has 75 heavy (non-hydrogen) atoms. The van der Waals surface area contributed by atoms with Crippen LogP contribution in [0.25, 0.3) is 0 Å². The summed E-state index contributed by atoms with van der Waals surface area (Å²) in [6.07, 6.45) is 2.93. The third-order valence-electron chi connectivity index (χ3n) is 7.56. The molecule has 4 aromatic rings. The quantitative estimate of drug-likeness (QED) is 0.0278. The summed E-state index contributed by atoms with van der Waals surface area (Å²) >= 11 is 26.5. The molecule has 0 amide bonds. The summed E-state index contributed by atoms with van der Waals surface area (Å²) in [6.45, 7) is 3.67. The molecule has 0 atom stereocenters. The Kier molecular flexibility index (Phi) is 33.6. The van der Waals surface area contributed by atoms with Gasteiger partial charge in [-0.25, -0.2) is 55.9 Å². The molecule has 0 unspecified atom stereocenters. The van der Waals surface area contributed by atoms with Crippen molar-refractivity contribution < 1.29 is 103 Å². The van der Waals surface area contributed by atoms with Crippen LogP contribution in [0.3, 0.4) is 0 Å². The average Bonchev–Trinajstić information content (AvgIpc) is 4.09. The fourth-order valence-electron chi connectivity index (χ4n) is 4.55. The molecule has 2 heterocycles. The maximum Gasteiger partial charge on any atom is 0.344 e. The minimum atomic E-state index is -4.25. The number of primary sulfonamides is 2. The van der Waals surface area contributed by atoms with Crippen molar-refractivity contribution in [1.29, 1.82) is 0 Å². The molecule has 2 aromatic heterocycles. The van der Waals surface area contributed by atoms with Gasteiger partial charge >= 0.3 is 41.8 Å². The van der Waals surface area contributed by atoms with Gasteiger partial charge in [-0.2, -0.15) is 0 Å². The van der Waals surface area contributed by atoms with Crippen LogP contribution in [0.4, 0.5) is 11.4 Å². The topological polar surface area (TPSA) is 403 Å². The van der Waals surface area contributed by atoms with Crippen molar-refractivity contribution in [3.8, 4) is 0 Å². The van der Waals surface area contributed by atoms with Crippen LogP contribution >= 0.6 is 58.0 Å². The summed E-state index contributed by atoms with van der Waals surface area (Å²) in [4.78, 5) is 85.9. The first-order valence-electron chi connectivity index (χ1n) is 20.5. The summed E-state index contributed by atoms with van der Waals surface area (Å²) in [5.41, 5.74) is -0.233. The molecule has 33 heteroatoms. The maximum absolute atomic E-state index is 12.5. The van der Waals surface area contributed by atoms with Gasteiger partial charge in [-0.1, -0.05) is 23.2 Å². The predicted octanol–water partition coefficient (Wildman–Crippen LogP) is 4.21. The summed E-state index contributed by atoms with van der Waals surface area (Å²) in [6, 6.07) is 10.9. The van der Waals surface area contributed by atoms with Crippen molar-refractivity contribution in [2.75, 3.05) is 68.6 Å². The van der Waals surface area contributed by atoms with Crippen molar-refractivity contribution in [3.05, 3.63) is 93.7 Å². The number of ether oxygens (including phenoxy) is 6. The molecule has 0 saturated carbocycles.